The predicted octanol–water partition coefficient (Wildman–Crippen LogP) is -1.39. The Balaban J connectivity index is 2.16. The number of benzene rings is 1. The van der Waals surface area contributed by atoms with Gasteiger partial charge in [-0.15, -0.1) is 0 Å². The first-order chi connectivity index (χ1) is 15.6. The van der Waals surface area contributed by atoms with Gasteiger partial charge in [-0.3, -0.25) is 24.0 Å². The third-order valence-electron chi connectivity index (χ3n) is 4.69. The van der Waals surface area contributed by atoms with E-state index in [-0.39, 0.29) is 12.2 Å². The summed E-state index contributed by atoms with van der Waals surface area (Å²) < 4.78 is 0. The van der Waals surface area contributed by atoms with Crippen molar-refractivity contribution in [1.82, 2.24) is 20.9 Å². The molecule has 0 aliphatic rings. The van der Waals surface area contributed by atoms with Crippen LogP contribution in [0, 0.1) is 0 Å². The van der Waals surface area contributed by atoms with Gasteiger partial charge in [0.05, 0.1) is 12.5 Å². The number of H-pyrrole nitrogens is 1. The lowest BCUT2D eigenvalue weighted by atomic mass is 10.0. The number of rotatable bonds is 12. The summed E-state index contributed by atoms with van der Waals surface area (Å²) in [4.78, 5) is 62.1. The Hall–Kier alpha value is -3.58. The molecule has 0 fully saturated rings. The van der Waals surface area contributed by atoms with Gasteiger partial charge >= 0.3 is 11.9 Å². The second-order valence-electron chi connectivity index (χ2n) is 7.18. The molecular weight excluding hydrogens is 454 g/mol. The van der Waals surface area contributed by atoms with Gasteiger partial charge in [0, 0.05) is 29.3 Å². The molecule has 3 unspecified atom stereocenters. The molecule has 3 amide bonds. The Kier molecular flexibility index (Phi) is 9.24. The highest BCUT2D eigenvalue weighted by Gasteiger charge is 2.28. The molecule has 0 radical (unpaired) electrons. The molecule has 2 aromatic rings. The van der Waals surface area contributed by atoms with Crippen LogP contribution >= 0.6 is 12.6 Å². The van der Waals surface area contributed by atoms with Crippen LogP contribution in [0.4, 0.5) is 0 Å². The van der Waals surface area contributed by atoms with Crippen molar-refractivity contribution in [2.24, 2.45) is 5.73 Å². The van der Waals surface area contributed by atoms with Crippen LogP contribution in [-0.4, -0.2) is 75.3 Å². The van der Waals surface area contributed by atoms with Crippen molar-refractivity contribution < 1.29 is 34.2 Å². The number of aromatic nitrogens is 1. The summed E-state index contributed by atoms with van der Waals surface area (Å²) in [6, 6.07) is 3.56. The van der Waals surface area contributed by atoms with Gasteiger partial charge in [-0.2, -0.15) is 12.6 Å². The lowest BCUT2D eigenvalue weighted by molar-refractivity contribution is -0.139. The standard InChI is InChI=1S/C20H25N5O7S/c21-12(6-16(26)27)18(30)25-15(9-33)20(32)24-14(19(31)23-8-17(28)29)5-10-7-22-13-4-2-1-3-11(10)13/h1-4,7,12,14-15,22,33H,5-6,8-9,21H2,(H,23,31)(H,24,32)(H,25,30)(H,26,27)(H,28,29). The number of carboxylic acids is 2. The number of thiol groups is 1. The fourth-order valence-corrected chi connectivity index (χ4v) is 3.30. The second-order valence-corrected chi connectivity index (χ2v) is 7.55. The zero-order chi connectivity index (χ0) is 24.5. The minimum atomic E-state index is -1.38. The van der Waals surface area contributed by atoms with E-state index in [1.54, 1.807) is 6.20 Å². The number of nitrogens with one attached hydrogen (secondary N) is 4. The molecule has 0 aliphatic heterocycles. The summed E-state index contributed by atoms with van der Waals surface area (Å²) >= 11 is 4.03. The number of amides is 3. The van der Waals surface area contributed by atoms with E-state index in [0.717, 1.165) is 10.9 Å². The van der Waals surface area contributed by atoms with Crippen molar-refractivity contribution in [2.45, 2.75) is 31.0 Å². The fourth-order valence-electron chi connectivity index (χ4n) is 3.04. The fraction of sp³-hybridized carbons (Fsp3) is 0.350. The Morgan fingerprint density at radius 3 is 2.27 bits per heavy atom. The molecule has 0 saturated carbocycles. The molecule has 12 nitrogen and oxygen atoms in total. The highest BCUT2D eigenvalue weighted by molar-refractivity contribution is 7.80. The summed E-state index contributed by atoms with van der Waals surface area (Å²) in [5.41, 5.74) is 7.03. The first-order valence-corrected chi connectivity index (χ1v) is 10.5. The lowest BCUT2D eigenvalue weighted by Crippen LogP contribution is -2.57. The number of nitrogens with two attached hydrogens (primary N) is 1. The van der Waals surface area contributed by atoms with Crippen LogP contribution in [0.3, 0.4) is 0 Å². The van der Waals surface area contributed by atoms with E-state index < -0.39 is 60.8 Å². The Bertz CT molecular complexity index is 1040. The van der Waals surface area contributed by atoms with Gasteiger partial charge < -0.3 is 36.9 Å². The zero-order valence-corrected chi connectivity index (χ0v) is 18.3. The Morgan fingerprint density at radius 2 is 1.64 bits per heavy atom. The minimum Gasteiger partial charge on any atom is -0.481 e. The van der Waals surface area contributed by atoms with Gasteiger partial charge in [0.15, 0.2) is 0 Å². The van der Waals surface area contributed by atoms with Crippen LogP contribution in [-0.2, 0) is 30.4 Å². The highest BCUT2D eigenvalue weighted by Crippen LogP contribution is 2.19. The van der Waals surface area contributed by atoms with E-state index >= 15 is 0 Å². The van der Waals surface area contributed by atoms with E-state index in [1.807, 2.05) is 24.3 Å². The van der Waals surface area contributed by atoms with Crippen molar-refractivity contribution in [3.8, 4) is 0 Å². The molecule has 1 heterocycles. The third-order valence-corrected chi connectivity index (χ3v) is 5.06. The smallest absolute Gasteiger partial charge is 0.322 e. The number of para-hydroxylation sites is 1. The minimum absolute atomic E-state index is 0.0347. The van der Waals surface area contributed by atoms with Crippen molar-refractivity contribution in [3.63, 3.8) is 0 Å². The van der Waals surface area contributed by atoms with Crippen LogP contribution in [0.5, 0.6) is 0 Å². The van der Waals surface area contributed by atoms with Crippen LogP contribution in [0.15, 0.2) is 30.5 Å². The topological polar surface area (TPSA) is 204 Å². The van der Waals surface area contributed by atoms with Gasteiger partial charge in [-0.25, -0.2) is 0 Å². The quantitative estimate of drug-likeness (QED) is 0.170. The first kappa shape index (κ1) is 25.7. The van der Waals surface area contributed by atoms with Crippen LogP contribution in [0.2, 0.25) is 0 Å². The third kappa shape index (κ3) is 7.50. The molecule has 0 bridgehead atoms. The number of hydrogen-bond donors (Lipinski definition) is 8. The van der Waals surface area contributed by atoms with E-state index in [2.05, 4.69) is 33.6 Å². The summed E-state index contributed by atoms with van der Waals surface area (Å²) in [6.07, 6.45) is 1.08. The lowest BCUT2D eigenvalue weighted by Gasteiger charge is -2.23. The van der Waals surface area contributed by atoms with E-state index in [1.165, 1.54) is 0 Å². The number of carbonyl (C=O) groups is 5. The largest absolute Gasteiger partial charge is 0.481 e. The maximum Gasteiger partial charge on any atom is 0.322 e. The molecule has 8 N–H and O–H groups in total. The second kappa shape index (κ2) is 11.9. The normalized spacial score (nSPS) is 13.5. The molecule has 1 aromatic carbocycles. The number of aliphatic carboxylic acids is 2. The predicted molar refractivity (Wildman–Crippen MR) is 121 cm³/mol. The van der Waals surface area contributed by atoms with E-state index in [4.69, 9.17) is 15.9 Å². The van der Waals surface area contributed by atoms with Crippen LogP contribution in [0.1, 0.15) is 12.0 Å². The molecule has 1 aromatic heterocycles. The molecule has 13 heteroatoms. The number of aromatic amines is 1. The van der Waals surface area contributed by atoms with Crippen molar-refractivity contribution in [2.75, 3.05) is 12.3 Å². The van der Waals surface area contributed by atoms with Crippen molar-refractivity contribution in [1.29, 1.82) is 0 Å². The summed E-state index contributed by atoms with van der Waals surface area (Å²) in [7, 11) is 0. The van der Waals surface area contributed by atoms with Crippen molar-refractivity contribution in [3.05, 3.63) is 36.0 Å². The van der Waals surface area contributed by atoms with Gasteiger partial charge in [-0.05, 0) is 11.6 Å². The molecule has 0 spiro atoms. The van der Waals surface area contributed by atoms with Gasteiger partial charge in [0.1, 0.15) is 18.6 Å². The Labute approximate surface area is 193 Å². The number of carbonyl (C=O) groups excluding carboxylic acids is 3. The first-order valence-electron chi connectivity index (χ1n) is 9.85. The molecule has 0 saturated heterocycles. The number of carboxylic acid groups (broad SMARTS) is 2. The highest BCUT2D eigenvalue weighted by atomic mass is 32.1. The van der Waals surface area contributed by atoms with E-state index in [0.29, 0.717) is 5.56 Å². The number of hydrogen-bond acceptors (Lipinski definition) is 7. The molecular formula is C20H25N5O7S. The zero-order valence-electron chi connectivity index (χ0n) is 17.4. The van der Waals surface area contributed by atoms with Crippen LogP contribution < -0.4 is 21.7 Å². The van der Waals surface area contributed by atoms with Gasteiger partial charge in [-0.1, -0.05) is 18.2 Å². The van der Waals surface area contributed by atoms with E-state index in [9.17, 15) is 24.0 Å². The summed E-state index contributed by atoms with van der Waals surface area (Å²) in [5, 5.41) is 25.5. The molecule has 3 atom stereocenters. The molecule has 2 rings (SSSR count). The number of fused-ring (bicyclic) bond motifs is 1. The molecule has 0 aliphatic carbocycles. The summed E-state index contributed by atoms with van der Waals surface area (Å²) in [5.74, 6) is -5.06. The Morgan fingerprint density at radius 1 is 0.970 bits per heavy atom. The average Bonchev–Trinajstić information content (AvgIpc) is 3.17. The van der Waals surface area contributed by atoms with Gasteiger partial charge in [0.2, 0.25) is 17.7 Å². The SMILES string of the molecule is NC(CC(=O)O)C(=O)NC(CS)C(=O)NC(Cc1c[nH]c2ccccc12)C(=O)NCC(=O)O. The summed E-state index contributed by atoms with van der Waals surface area (Å²) in [6.45, 7) is -0.643. The van der Waals surface area contributed by atoms with Crippen molar-refractivity contribution >= 4 is 53.2 Å². The average molecular weight is 480 g/mol. The van der Waals surface area contributed by atoms with Crippen LogP contribution in [0.25, 0.3) is 10.9 Å². The monoisotopic (exact) mass is 479 g/mol. The molecule has 33 heavy (non-hydrogen) atoms. The molecule has 178 valence electrons. The van der Waals surface area contributed by atoms with Gasteiger partial charge in [0.25, 0.3) is 0 Å². The maximum atomic E-state index is 12.8. The maximum absolute atomic E-state index is 12.8.